The fourth-order valence-electron chi connectivity index (χ4n) is 4.22. The molecular formula is C27H26N4O. The van der Waals surface area contributed by atoms with Crippen molar-refractivity contribution in [2.75, 3.05) is 11.4 Å². The number of benzene rings is 2. The van der Waals surface area contributed by atoms with Crippen LogP contribution in [0.2, 0.25) is 0 Å². The number of nitrogens with zero attached hydrogens (tertiary/aromatic N) is 3. The monoisotopic (exact) mass is 422 g/mol. The molecule has 5 rings (SSSR count). The van der Waals surface area contributed by atoms with Gasteiger partial charge in [0.15, 0.2) is 5.65 Å². The normalized spacial score (nSPS) is 13.8. The molecule has 2 aromatic heterocycles. The number of hydrogen-bond acceptors (Lipinski definition) is 4. The van der Waals surface area contributed by atoms with Gasteiger partial charge in [-0.05, 0) is 46.2 Å². The molecule has 0 saturated carbocycles. The van der Waals surface area contributed by atoms with Crippen LogP contribution >= 0.6 is 0 Å². The van der Waals surface area contributed by atoms with Crippen molar-refractivity contribution in [3.63, 3.8) is 0 Å². The minimum atomic E-state index is -0.160. The number of anilines is 1. The molecule has 0 radical (unpaired) electrons. The van der Waals surface area contributed by atoms with E-state index in [1.54, 1.807) is 6.20 Å². The molecule has 0 amide bonds. The van der Waals surface area contributed by atoms with Crippen molar-refractivity contribution >= 4 is 29.1 Å². The molecule has 1 N–H and O–H groups in total. The lowest BCUT2D eigenvalue weighted by atomic mass is 10.0. The van der Waals surface area contributed by atoms with Crippen LogP contribution in [0.4, 0.5) is 5.95 Å². The summed E-state index contributed by atoms with van der Waals surface area (Å²) in [6, 6.07) is 18.8. The van der Waals surface area contributed by atoms with Crippen LogP contribution in [-0.4, -0.2) is 21.5 Å². The van der Waals surface area contributed by atoms with Gasteiger partial charge in [-0.1, -0.05) is 74.5 Å². The van der Waals surface area contributed by atoms with Crippen LogP contribution in [0.15, 0.2) is 65.6 Å². The zero-order valence-electron chi connectivity index (χ0n) is 18.4. The SMILES string of the molecule is CC(C)c1ccc(/C=C/c2ccnc3nc(N4CCc5ccccc5C4)[nH]c(=O)c23)cc1. The van der Waals surface area contributed by atoms with E-state index in [1.807, 2.05) is 18.2 Å². The maximum atomic E-state index is 13.0. The summed E-state index contributed by atoms with van der Waals surface area (Å²) < 4.78 is 0. The molecule has 0 bridgehead atoms. The van der Waals surface area contributed by atoms with Gasteiger partial charge in [0.05, 0.1) is 5.39 Å². The Kier molecular flexibility index (Phi) is 5.31. The van der Waals surface area contributed by atoms with E-state index in [-0.39, 0.29) is 5.56 Å². The molecule has 160 valence electrons. The highest BCUT2D eigenvalue weighted by atomic mass is 16.1. The van der Waals surface area contributed by atoms with Gasteiger partial charge in [-0.2, -0.15) is 4.98 Å². The van der Waals surface area contributed by atoms with Crippen LogP contribution < -0.4 is 10.5 Å². The molecular weight excluding hydrogens is 396 g/mol. The van der Waals surface area contributed by atoms with Crippen molar-refractivity contribution in [3.05, 3.63) is 99.0 Å². The molecule has 3 heterocycles. The molecule has 2 aromatic carbocycles. The fraction of sp³-hybridized carbons (Fsp3) is 0.222. The second kappa shape index (κ2) is 8.42. The fourth-order valence-corrected chi connectivity index (χ4v) is 4.22. The van der Waals surface area contributed by atoms with Gasteiger partial charge in [0.1, 0.15) is 0 Å². The third kappa shape index (κ3) is 3.94. The summed E-state index contributed by atoms with van der Waals surface area (Å²) in [5, 5.41) is 0.517. The highest BCUT2D eigenvalue weighted by Crippen LogP contribution is 2.23. The summed E-state index contributed by atoms with van der Waals surface area (Å²) in [6.45, 7) is 5.92. The molecule has 0 fully saturated rings. The summed E-state index contributed by atoms with van der Waals surface area (Å²) in [5.74, 6) is 1.08. The molecule has 1 aliphatic rings. The van der Waals surface area contributed by atoms with E-state index < -0.39 is 0 Å². The van der Waals surface area contributed by atoms with Crippen molar-refractivity contribution in [2.24, 2.45) is 0 Å². The number of hydrogen-bond donors (Lipinski definition) is 1. The van der Waals surface area contributed by atoms with Gasteiger partial charge in [0, 0.05) is 19.3 Å². The maximum Gasteiger partial charge on any atom is 0.262 e. The second-order valence-electron chi connectivity index (χ2n) is 8.58. The summed E-state index contributed by atoms with van der Waals surface area (Å²) in [4.78, 5) is 27.3. The minimum absolute atomic E-state index is 0.160. The number of aromatic amines is 1. The predicted molar refractivity (Wildman–Crippen MR) is 131 cm³/mol. The molecule has 0 saturated heterocycles. The van der Waals surface area contributed by atoms with Gasteiger partial charge >= 0.3 is 0 Å². The van der Waals surface area contributed by atoms with Crippen LogP contribution in [0.25, 0.3) is 23.2 Å². The van der Waals surface area contributed by atoms with E-state index in [0.717, 1.165) is 30.6 Å². The Morgan fingerprint density at radius 2 is 1.78 bits per heavy atom. The first-order chi connectivity index (χ1) is 15.6. The van der Waals surface area contributed by atoms with Crippen LogP contribution in [0.5, 0.6) is 0 Å². The van der Waals surface area contributed by atoms with Crippen molar-refractivity contribution in [1.29, 1.82) is 0 Å². The molecule has 0 spiro atoms. The zero-order chi connectivity index (χ0) is 22.1. The van der Waals surface area contributed by atoms with E-state index in [1.165, 1.54) is 16.7 Å². The van der Waals surface area contributed by atoms with Gasteiger partial charge in [-0.25, -0.2) is 4.98 Å². The van der Waals surface area contributed by atoms with Gasteiger partial charge in [0.25, 0.3) is 5.56 Å². The quantitative estimate of drug-likeness (QED) is 0.493. The van der Waals surface area contributed by atoms with Crippen LogP contribution in [-0.2, 0) is 13.0 Å². The first kappa shape index (κ1) is 20.2. The Labute approximate surface area is 187 Å². The van der Waals surface area contributed by atoms with Crippen molar-refractivity contribution in [3.8, 4) is 0 Å². The third-order valence-electron chi connectivity index (χ3n) is 6.12. The Morgan fingerprint density at radius 3 is 2.56 bits per heavy atom. The highest BCUT2D eigenvalue weighted by Gasteiger charge is 2.19. The summed E-state index contributed by atoms with van der Waals surface area (Å²) in [5.41, 5.74) is 6.16. The van der Waals surface area contributed by atoms with E-state index in [4.69, 9.17) is 4.98 Å². The molecule has 0 aliphatic carbocycles. The highest BCUT2D eigenvalue weighted by molar-refractivity contribution is 5.88. The first-order valence-corrected chi connectivity index (χ1v) is 11.1. The molecule has 5 heteroatoms. The number of H-pyrrole nitrogens is 1. The predicted octanol–water partition coefficient (Wildman–Crippen LogP) is 5.17. The first-order valence-electron chi connectivity index (χ1n) is 11.1. The summed E-state index contributed by atoms with van der Waals surface area (Å²) in [7, 11) is 0. The second-order valence-corrected chi connectivity index (χ2v) is 8.58. The van der Waals surface area contributed by atoms with Gasteiger partial charge in [-0.15, -0.1) is 0 Å². The largest absolute Gasteiger partial charge is 0.338 e. The summed E-state index contributed by atoms with van der Waals surface area (Å²) >= 11 is 0. The maximum absolute atomic E-state index is 13.0. The van der Waals surface area contributed by atoms with Crippen LogP contribution in [0.1, 0.15) is 47.6 Å². The molecule has 0 atom stereocenters. The van der Waals surface area contributed by atoms with Crippen molar-refractivity contribution < 1.29 is 0 Å². The summed E-state index contributed by atoms with van der Waals surface area (Å²) in [6.07, 6.45) is 6.63. The number of pyridine rings is 1. The average Bonchev–Trinajstić information content (AvgIpc) is 2.82. The molecule has 4 aromatic rings. The molecule has 0 unspecified atom stereocenters. The third-order valence-corrected chi connectivity index (χ3v) is 6.12. The number of nitrogens with one attached hydrogen (secondary N) is 1. The lowest BCUT2D eigenvalue weighted by Gasteiger charge is -2.29. The topological polar surface area (TPSA) is 61.9 Å². The van der Waals surface area contributed by atoms with Crippen molar-refractivity contribution in [1.82, 2.24) is 15.0 Å². The molecule has 5 nitrogen and oxygen atoms in total. The van der Waals surface area contributed by atoms with Gasteiger partial charge in [-0.3, -0.25) is 9.78 Å². The standard InChI is InChI=1S/C27H26N4O/c1-18(2)20-10-7-19(8-11-20)9-12-22-13-15-28-25-24(22)26(32)30-27(29-25)31-16-14-21-5-3-4-6-23(21)17-31/h3-13,15,18H,14,16-17H2,1-2H3,(H,28,29,30,32)/b12-9+. The van der Waals surface area contributed by atoms with E-state index in [0.29, 0.717) is 22.9 Å². The smallest absolute Gasteiger partial charge is 0.262 e. The average molecular weight is 423 g/mol. The van der Waals surface area contributed by atoms with Gasteiger partial charge in [0.2, 0.25) is 5.95 Å². The Hall–Kier alpha value is -3.73. The number of aromatic nitrogens is 3. The minimum Gasteiger partial charge on any atom is -0.338 e. The van der Waals surface area contributed by atoms with Crippen LogP contribution in [0.3, 0.4) is 0 Å². The van der Waals surface area contributed by atoms with Crippen molar-refractivity contribution in [2.45, 2.75) is 32.7 Å². The molecule has 1 aliphatic heterocycles. The zero-order valence-corrected chi connectivity index (χ0v) is 18.4. The van der Waals surface area contributed by atoms with E-state index in [9.17, 15) is 4.79 Å². The number of fused-ring (bicyclic) bond motifs is 2. The lowest BCUT2D eigenvalue weighted by Crippen LogP contribution is -2.33. The number of rotatable bonds is 4. The lowest BCUT2D eigenvalue weighted by molar-refractivity contribution is 0.708. The van der Waals surface area contributed by atoms with Crippen LogP contribution in [0, 0.1) is 0 Å². The molecule has 32 heavy (non-hydrogen) atoms. The Morgan fingerprint density at radius 1 is 1.00 bits per heavy atom. The van der Waals surface area contributed by atoms with Gasteiger partial charge < -0.3 is 4.90 Å². The van der Waals surface area contributed by atoms with E-state index in [2.05, 4.69) is 77.2 Å². The Bertz CT molecular complexity index is 1350. The van der Waals surface area contributed by atoms with E-state index >= 15 is 0 Å². The Balaban J connectivity index is 1.46.